The minimum atomic E-state index is -4.75. The van der Waals surface area contributed by atoms with Crippen LogP contribution in [0.25, 0.3) is 90.9 Å². The minimum Gasteiger partial charge on any atom is -0.354 e. The molecule has 2 aliphatic rings. The van der Waals surface area contributed by atoms with Gasteiger partial charge in [-0.05, 0) is 169 Å². The van der Waals surface area contributed by atoms with Crippen molar-refractivity contribution in [3.8, 4) is 44.5 Å². The van der Waals surface area contributed by atoms with Crippen molar-refractivity contribution in [2.24, 2.45) is 0 Å². The van der Waals surface area contributed by atoms with E-state index in [2.05, 4.69) is 9.97 Å². The quantitative estimate of drug-likeness (QED) is 0.0490. The predicted molar refractivity (Wildman–Crippen MR) is 287 cm³/mol. The van der Waals surface area contributed by atoms with Gasteiger partial charge in [0.15, 0.2) is 0 Å². The lowest BCUT2D eigenvalue weighted by molar-refractivity contribution is 0.480. The molecule has 0 unspecified atom stereocenters. The molecule has 0 radical (unpaired) electrons. The summed E-state index contributed by atoms with van der Waals surface area (Å²) in [5.41, 5.74) is 5.14. The van der Waals surface area contributed by atoms with Gasteiger partial charge in [0.25, 0.3) is 40.5 Å². The summed E-state index contributed by atoms with van der Waals surface area (Å²) in [6, 6.07) is 24.2. The number of hydrogen-bond donors (Lipinski definition) is 6. The molecule has 24 heteroatoms. The Kier molecular flexibility index (Phi) is 13.9. The predicted octanol–water partition coefficient (Wildman–Crippen LogP) is 11.2. The van der Waals surface area contributed by atoms with Gasteiger partial charge in [-0.3, -0.25) is 18.2 Å². The number of H-pyrrole nitrogens is 2. The average molecular weight is 1120 g/mol. The monoisotopic (exact) mass is 1120 g/mol. The zero-order chi connectivity index (χ0) is 51.7. The first-order chi connectivity index (χ1) is 33.9. The molecule has 3 aromatic heterocycles. The van der Waals surface area contributed by atoms with E-state index in [0.29, 0.717) is 86.2 Å². The number of hydrogen-bond acceptors (Lipinski definition) is 14. The molecule has 370 valence electrons. The van der Waals surface area contributed by atoms with Crippen molar-refractivity contribution < 1.29 is 51.9 Å². The molecule has 0 amide bonds. The Hall–Kier alpha value is -5.48. The maximum absolute atomic E-state index is 12.8. The second-order valence-corrected chi connectivity index (χ2v) is 25.2. The lowest BCUT2D eigenvalue weighted by Crippen LogP contribution is -2.00. The number of fused-ring (bicyclic) bond motifs is 8. The molecule has 72 heavy (non-hydrogen) atoms. The van der Waals surface area contributed by atoms with E-state index in [1.165, 1.54) is 95.6 Å². The van der Waals surface area contributed by atoms with Crippen molar-refractivity contribution >= 4 is 134 Å². The molecule has 0 atom stereocenters. The Balaban J connectivity index is 1.54. The summed E-state index contributed by atoms with van der Waals surface area (Å²) in [6.45, 7) is 0. The van der Waals surface area contributed by atoms with Crippen LogP contribution in [0.3, 0.4) is 0 Å². The number of benzene rings is 4. The van der Waals surface area contributed by atoms with E-state index < -0.39 is 60.1 Å². The summed E-state index contributed by atoms with van der Waals surface area (Å²) in [4.78, 5) is 17.5. The van der Waals surface area contributed by atoms with Crippen molar-refractivity contribution in [2.75, 3.05) is 25.0 Å². The van der Waals surface area contributed by atoms with Crippen LogP contribution in [0.1, 0.15) is 22.8 Å². The van der Waals surface area contributed by atoms with Crippen LogP contribution in [0.15, 0.2) is 136 Å². The number of thioether (sulfide) groups is 4. The van der Waals surface area contributed by atoms with Gasteiger partial charge in [0.1, 0.15) is 0 Å². The van der Waals surface area contributed by atoms with E-state index in [-0.39, 0.29) is 22.8 Å². The first kappa shape index (κ1) is 51.4. The Labute approximate surface area is 431 Å². The average Bonchev–Trinajstić information content (AvgIpc) is 4.18. The molecule has 0 fully saturated rings. The highest BCUT2D eigenvalue weighted by molar-refractivity contribution is 7.99. The highest BCUT2D eigenvalue weighted by Crippen LogP contribution is 2.42. The molecule has 16 nitrogen and oxygen atoms in total. The molecule has 7 aromatic rings. The third-order valence-corrected chi connectivity index (χ3v) is 17.7. The van der Waals surface area contributed by atoms with Crippen LogP contribution in [0.5, 0.6) is 0 Å². The lowest BCUT2D eigenvalue weighted by atomic mass is 10.0. The van der Waals surface area contributed by atoms with Crippen molar-refractivity contribution in [3.63, 3.8) is 0 Å². The standard InChI is InChI=1S/C48H38N4O12S8/c1-65-29-13-25(17-33(21-29)69(53,54)55)45-37-5-7-39(49-37)46(26-14-30(66-2)22-34(18-26)70(56,57)58)41-9-11-43(51-41)48(28-16-32(68-4)24-36(20-28)72(62,63)64)44-12-10-42(52-44)47(40-8-6-38(45)50-40)27-15-31(67-3)23-35(19-27)71(59,60)61/h5-24,49,52H,1-4H3,(H,53,54,55)(H,56,57,58)(H,59,60,61)(H,62,63,64). The van der Waals surface area contributed by atoms with E-state index in [9.17, 15) is 51.9 Å². The first-order valence-corrected chi connectivity index (χ1v) is 31.5. The topological polar surface area (TPSA) is 275 Å². The molecule has 0 saturated heterocycles. The third-order valence-electron chi connectivity index (χ3n) is 11.6. The van der Waals surface area contributed by atoms with Crippen LogP contribution in [-0.2, 0) is 40.5 Å². The van der Waals surface area contributed by atoms with Gasteiger partial charge in [-0.1, -0.05) is 0 Å². The second-order valence-electron chi connectivity index (χ2n) is 16.0. The number of aromatic amines is 2. The summed E-state index contributed by atoms with van der Waals surface area (Å²) in [5.74, 6) is 0. The van der Waals surface area contributed by atoms with Gasteiger partial charge >= 0.3 is 0 Å². The molecule has 6 N–H and O–H groups in total. The van der Waals surface area contributed by atoms with Gasteiger partial charge in [-0.25, -0.2) is 9.97 Å². The van der Waals surface area contributed by atoms with Crippen LogP contribution in [0, 0.1) is 0 Å². The van der Waals surface area contributed by atoms with E-state index in [1.807, 2.05) is 0 Å². The summed E-state index contributed by atoms with van der Waals surface area (Å²) < 4.78 is 144. The zero-order valence-corrected chi connectivity index (χ0v) is 44.3. The fourth-order valence-electron chi connectivity index (χ4n) is 8.35. The lowest BCUT2D eigenvalue weighted by Gasteiger charge is -2.11. The number of rotatable bonds is 12. The molecule has 4 aromatic carbocycles. The van der Waals surface area contributed by atoms with E-state index in [0.717, 1.165) is 0 Å². The molecule has 2 aliphatic heterocycles. The molecule has 0 saturated carbocycles. The Morgan fingerprint density at radius 3 is 0.736 bits per heavy atom. The first-order valence-electron chi connectivity index (χ1n) is 20.8. The molecule has 9 rings (SSSR count). The number of aromatic nitrogens is 4. The maximum Gasteiger partial charge on any atom is 0.294 e. The third kappa shape index (κ3) is 10.4. The summed E-state index contributed by atoms with van der Waals surface area (Å²) in [7, 11) is -19.0. The maximum atomic E-state index is 12.8. The fourth-order valence-corrected chi connectivity index (χ4v) is 12.8. The largest absolute Gasteiger partial charge is 0.354 e. The van der Waals surface area contributed by atoms with Crippen molar-refractivity contribution in [2.45, 2.75) is 39.2 Å². The van der Waals surface area contributed by atoms with Gasteiger partial charge in [-0.2, -0.15) is 33.7 Å². The van der Waals surface area contributed by atoms with Crippen LogP contribution >= 0.6 is 47.0 Å². The second kappa shape index (κ2) is 19.4. The summed E-state index contributed by atoms with van der Waals surface area (Å²) in [6.07, 6.45) is 13.6. The molecular weight excluding hydrogens is 1080 g/mol. The highest BCUT2D eigenvalue weighted by Gasteiger charge is 2.24. The molecule has 0 spiro atoms. The van der Waals surface area contributed by atoms with Gasteiger partial charge in [0.2, 0.25) is 0 Å². The van der Waals surface area contributed by atoms with Crippen LogP contribution < -0.4 is 0 Å². The molecule has 5 heterocycles. The summed E-state index contributed by atoms with van der Waals surface area (Å²) in [5, 5.41) is 0. The van der Waals surface area contributed by atoms with Crippen LogP contribution in [0.2, 0.25) is 0 Å². The number of nitrogens with zero attached hydrogens (tertiary/aromatic N) is 2. The van der Waals surface area contributed by atoms with Crippen molar-refractivity contribution in [1.29, 1.82) is 0 Å². The van der Waals surface area contributed by atoms with Crippen molar-refractivity contribution in [3.05, 3.63) is 120 Å². The summed E-state index contributed by atoms with van der Waals surface area (Å²) >= 11 is 4.91. The highest BCUT2D eigenvalue weighted by atomic mass is 32.2. The van der Waals surface area contributed by atoms with E-state index in [4.69, 9.17) is 9.97 Å². The van der Waals surface area contributed by atoms with E-state index in [1.54, 1.807) is 97.9 Å². The SMILES string of the molecule is CSc1cc(-c2c3nc(c(-c4cc(SC)cc(S(=O)(=O)O)c4)c4ccc([nH]4)c(-c4cc(SC)cc(S(=O)(=O)O)c4)c4nc(c(-c5cc(SC)cc(S(=O)(=O)O)c5)c5ccc2[nH]5)C=C4)C=C3)cc(S(=O)(=O)O)c1. The molecule has 8 bridgehead atoms. The van der Waals surface area contributed by atoms with Gasteiger partial charge in [-0.15, -0.1) is 47.0 Å². The van der Waals surface area contributed by atoms with E-state index >= 15 is 0 Å². The van der Waals surface area contributed by atoms with Crippen LogP contribution in [0.4, 0.5) is 0 Å². The smallest absolute Gasteiger partial charge is 0.294 e. The molecule has 0 aliphatic carbocycles. The Morgan fingerprint density at radius 2 is 0.556 bits per heavy atom. The van der Waals surface area contributed by atoms with Gasteiger partial charge < -0.3 is 9.97 Å². The molecular formula is C48H38N4O12S8. The van der Waals surface area contributed by atoms with Crippen molar-refractivity contribution in [1.82, 2.24) is 19.9 Å². The minimum absolute atomic E-state index is 0.275. The Morgan fingerprint density at radius 1 is 0.347 bits per heavy atom. The Bertz CT molecular complexity index is 3640. The normalized spacial score (nSPS) is 13.0. The van der Waals surface area contributed by atoms with Gasteiger partial charge in [0, 0.05) is 63.9 Å². The fraction of sp³-hybridized carbons (Fsp3) is 0.0833. The number of nitrogens with one attached hydrogen (secondary N) is 2. The zero-order valence-electron chi connectivity index (χ0n) is 37.8. The van der Waals surface area contributed by atoms with Gasteiger partial charge in [0.05, 0.1) is 42.4 Å². The van der Waals surface area contributed by atoms with Crippen LogP contribution in [-0.4, -0.2) is 96.8 Å².